The van der Waals surface area contributed by atoms with Crippen LogP contribution >= 0.6 is 0 Å². The maximum absolute atomic E-state index is 12.9. The fourth-order valence-corrected chi connectivity index (χ4v) is 3.37. The third-order valence-corrected chi connectivity index (χ3v) is 4.02. The van der Waals surface area contributed by atoms with Crippen molar-refractivity contribution in [2.24, 2.45) is 11.3 Å². The maximum Gasteiger partial charge on any atom is 0.411 e. The summed E-state index contributed by atoms with van der Waals surface area (Å²) in [6, 6.07) is 0. The fraction of sp³-hybridized carbons (Fsp3) is 0.818. The van der Waals surface area contributed by atoms with Gasteiger partial charge in [-0.2, -0.15) is 13.2 Å². The number of aliphatic carboxylic acids is 1. The molecule has 2 aliphatic rings. The van der Waals surface area contributed by atoms with Gasteiger partial charge in [0.15, 0.2) is 0 Å². The van der Waals surface area contributed by atoms with Crippen LogP contribution in [0, 0.1) is 11.3 Å². The van der Waals surface area contributed by atoms with Gasteiger partial charge >= 0.3 is 12.1 Å². The van der Waals surface area contributed by atoms with E-state index in [9.17, 15) is 22.8 Å². The lowest BCUT2D eigenvalue weighted by atomic mass is 9.45. The van der Waals surface area contributed by atoms with E-state index in [2.05, 4.69) is 0 Å². The topological polar surface area (TPSA) is 66.4 Å². The Morgan fingerprint density at radius 2 is 1.78 bits per heavy atom. The molecule has 4 nitrogen and oxygen atoms in total. The Kier molecular flexibility index (Phi) is 2.64. The lowest BCUT2D eigenvalue weighted by Crippen LogP contribution is -2.72. The standard InChI is InChI=1S/C11H14F3NO3/c1-6(16)15-10(11(12,13)14)4-9(5-10)2-7(3-9)8(17)18/h7H,2-5H2,1H3,(H,15,16)(H,17,18). The summed E-state index contributed by atoms with van der Waals surface area (Å²) >= 11 is 0. The number of carbonyl (C=O) groups excluding carboxylic acids is 1. The second kappa shape index (κ2) is 3.61. The molecule has 0 aliphatic heterocycles. The Balaban J connectivity index is 2.03. The highest BCUT2D eigenvalue weighted by Crippen LogP contribution is 2.66. The minimum atomic E-state index is -4.49. The average Bonchev–Trinajstić information content (AvgIpc) is 2.02. The van der Waals surface area contributed by atoms with Crippen LogP contribution in [0.2, 0.25) is 0 Å². The highest BCUT2D eigenvalue weighted by atomic mass is 19.4. The molecular weight excluding hydrogens is 251 g/mol. The van der Waals surface area contributed by atoms with Gasteiger partial charge in [0.1, 0.15) is 5.54 Å². The predicted octanol–water partition coefficient (Wildman–Crippen LogP) is 1.70. The number of hydrogen-bond donors (Lipinski definition) is 2. The molecule has 102 valence electrons. The summed E-state index contributed by atoms with van der Waals surface area (Å²) in [5.41, 5.74) is -2.69. The van der Waals surface area contributed by atoms with Crippen molar-refractivity contribution in [3.05, 3.63) is 0 Å². The maximum atomic E-state index is 12.9. The lowest BCUT2D eigenvalue weighted by Gasteiger charge is -2.62. The van der Waals surface area contributed by atoms with Crippen molar-refractivity contribution in [2.45, 2.75) is 44.3 Å². The van der Waals surface area contributed by atoms with Crippen LogP contribution in [0.4, 0.5) is 13.2 Å². The molecule has 2 aliphatic carbocycles. The van der Waals surface area contributed by atoms with Crippen LogP contribution in [0.5, 0.6) is 0 Å². The van der Waals surface area contributed by atoms with Crippen LogP contribution in [0.3, 0.4) is 0 Å². The van der Waals surface area contributed by atoms with Gasteiger partial charge in [-0.15, -0.1) is 0 Å². The van der Waals surface area contributed by atoms with E-state index >= 15 is 0 Å². The molecule has 0 radical (unpaired) electrons. The number of alkyl halides is 3. The summed E-state index contributed by atoms with van der Waals surface area (Å²) < 4.78 is 38.8. The molecule has 0 saturated heterocycles. The summed E-state index contributed by atoms with van der Waals surface area (Å²) in [4.78, 5) is 21.5. The Hall–Kier alpha value is -1.27. The molecule has 2 rings (SSSR count). The third-order valence-electron chi connectivity index (χ3n) is 4.02. The lowest BCUT2D eigenvalue weighted by molar-refractivity contribution is -0.264. The van der Waals surface area contributed by atoms with Gasteiger partial charge in [-0.25, -0.2) is 0 Å². The van der Waals surface area contributed by atoms with Crippen molar-refractivity contribution >= 4 is 11.9 Å². The van der Waals surface area contributed by atoms with Crippen LogP contribution in [-0.4, -0.2) is 28.7 Å². The Morgan fingerprint density at radius 3 is 2.11 bits per heavy atom. The fourth-order valence-electron chi connectivity index (χ4n) is 3.37. The first-order valence-corrected chi connectivity index (χ1v) is 5.68. The molecule has 0 heterocycles. The van der Waals surface area contributed by atoms with Crippen LogP contribution < -0.4 is 5.32 Å². The Morgan fingerprint density at radius 1 is 1.28 bits per heavy atom. The number of hydrogen-bond acceptors (Lipinski definition) is 2. The van der Waals surface area contributed by atoms with Crippen LogP contribution in [0.25, 0.3) is 0 Å². The van der Waals surface area contributed by atoms with E-state index in [0.29, 0.717) is 0 Å². The molecule has 0 bridgehead atoms. The van der Waals surface area contributed by atoms with Crippen molar-refractivity contribution in [1.29, 1.82) is 0 Å². The van der Waals surface area contributed by atoms with Gasteiger partial charge in [-0.05, 0) is 31.1 Å². The minimum Gasteiger partial charge on any atom is -0.481 e. The van der Waals surface area contributed by atoms with E-state index in [4.69, 9.17) is 5.11 Å². The monoisotopic (exact) mass is 265 g/mol. The smallest absolute Gasteiger partial charge is 0.411 e. The van der Waals surface area contributed by atoms with Gasteiger partial charge in [0.25, 0.3) is 0 Å². The molecule has 0 aromatic rings. The quantitative estimate of drug-likeness (QED) is 0.798. The largest absolute Gasteiger partial charge is 0.481 e. The van der Waals surface area contributed by atoms with Gasteiger partial charge in [0.2, 0.25) is 5.91 Å². The van der Waals surface area contributed by atoms with Gasteiger partial charge in [0, 0.05) is 6.92 Å². The zero-order valence-corrected chi connectivity index (χ0v) is 9.80. The molecule has 1 amide bonds. The van der Waals surface area contributed by atoms with E-state index in [-0.39, 0.29) is 25.7 Å². The van der Waals surface area contributed by atoms with Crippen LogP contribution in [0.15, 0.2) is 0 Å². The summed E-state index contributed by atoms with van der Waals surface area (Å²) in [6.07, 6.45) is -4.34. The first kappa shape index (κ1) is 13.2. The van der Waals surface area contributed by atoms with Crippen LogP contribution in [-0.2, 0) is 9.59 Å². The van der Waals surface area contributed by atoms with E-state index in [1.165, 1.54) is 0 Å². The molecule has 1 spiro atoms. The molecular formula is C11H14F3NO3. The van der Waals surface area contributed by atoms with E-state index in [1.807, 2.05) is 5.32 Å². The van der Waals surface area contributed by atoms with Crippen molar-refractivity contribution < 1.29 is 27.9 Å². The molecule has 0 atom stereocenters. The normalized spacial score (nSPS) is 38.8. The highest BCUT2D eigenvalue weighted by molar-refractivity contribution is 5.75. The molecule has 2 saturated carbocycles. The molecule has 2 N–H and O–H groups in total. The number of halogens is 3. The van der Waals surface area contributed by atoms with Crippen molar-refractivity contribution in [1.82, 2.24) is 5.32 Å². The first-order valence-electron chi connectivity index (χ1n) is 5.68. The number of nitrogens with one attached hydrogen (secondary N) is 1. The van der Waals surface area contributed by atoms with Crippen molar-refractivity contribution in [3.8, 4) is 0 Å². The molecule has 0 aromatic heterocycles. The van der Waals surface area contributed by atoms with Gasteiger partial charge in [-0.1, -0.05) is 0 Å². The molecule has 0 aromatic carbocycles. The van der Waals surface area contributed by atoms with Crippen molar-refractivity contribution in [3.63, 3.8) is 0 Å². The second-order valence-corrected chi connectivity index (χ2v) is 5.56. The Bertz CT molecular complexity index is 391. The van der Waals surface area contributed by atoms with Crippen LogP contribution in [0.1, 0.15) is 32.6 Å². The van der Waals surface area contributed by atoms with Gasteiger partial charge in [0.05, 0.1) is 5.92 Å². The third kappa shape index (κ3) is 1.85. The summed E-state index contributed by atoms with van der Waals surface area (Å²) in [7, 11) is 0. The minimum absolute atomic E-state index is 0.202. The van der Waals surface area contributed by atoms with Gasteiger partial charge < -0.3 is 10.4 Å². The predicted molar refractivity (Wildman–Crippen MR) is 54.6 cm³/mol. The summed E-state index contributed by atoms with van der Waals surface area (Å²) in [6.45, 7) is 1.05. The zero-order valence-electron chi connectivity index (χ0n) is 9.80. The van der Waals surface area contributed by atoms with E-state index in [1.54, 1.807) is 0 Å². The van der Waals surface area contributed by atoms with Gasteiger partial charge in [-0.3, -0.25) is 9.59 Å². The second-order valence-electron chi connectivity index (χ2n) is 5.56. The summed E-state index contributed by atoms with van der Waals surface area (Å²) in [5.74, 6) is -2.20. The first-order chi connectivity index (χ1) is 8.09. The van der Waals surface area contributed by atoms with Crippen molar-refractivity contribution in [2.75, 3.05) is 0 Å². The molecule has 18 heavy (non-hydrogen) atoms. The average molecular weight is 265 g/mol. The number of amides is 1. The Labute approximate surface area is 102 Å². The number of carboxylic acid groups (broad SMARTS) is 1. The zero-order chi connectivity index (χ0) is 13.8. The van der Waals surface area contributed by atoms with E-state index < -0.39 is 34.9 Å². The highest BCUT2D eigenvalue weighted by Gasteiger charge is 2.71. The SMILES string of the molecule is CC(=O)NC1(C(F)(F)F)CC2(CC(C(=O)O)C2)C1. The number of carboxylic acids is 1. The summed E-state index contributed by atoms with van der Waals surface area (Å²) in [5, 5.41) is 10.7. The number of carbonyl (C=O) groups is 2. The number of rotatable bonds is 2. The van der Waals surface area contributed by atoms with E-state index in [0.717, 1.165) is 6.92 Å². The molecule has 0 unspecified atom stereocenters. The molecule has 2 fully saturated rings. The molecule has 7 heteroatoms.